The molecule has 1 unspecified atom stereocenters. The van der Waals surface area contributed by atoms with Crippen LogP contribution in [0, 0.1) is 5.82 Å². The van der Waals surface area contributed by atoms with Gasteiger partial charge in [-0.15, -0.1) is 0 Å². The number of hydrogen-bond acceptors (Lipinski definition) is 3. The Bertz CT molecular complexity index is 958. The fraction of sp³-hybridized carbons (Fsp3) is 0.150. The van der Waals surface area contributed by atoms with Gasteiger partial charge in [-0.25, -0.2) is 4.39 Å². The van der Waals surface area contributed by atoms with Crippen molar-refractivity contribution in [3.05, 3.63) is 72.2 Å². The van der Waals surface area contributed by atoms with E-state index in [4.69, 9.17) is 0 Å². The van der Waals surface area contributed by atoms with Gasteiger partial charge in [0.05, 0.1) is 5.52 Å². The van der Waals surface area contributed by atoms with Crippen LogP contribution < -0.4 is 10.6 Å². The summed E-state index contributed by atoms with van der Waals surface area (Å²) in [6.07, 6.45) is 1.98. The van der Waals surface area contributed by atoms with Gasteiger partial charge in [0.25, 0.3) is 0 Å². The van der Waals surface area contributed by atoms with Crippen molar-refractivity contribution in [1.29, 1.82) is 0 Å². The summed E-state index contributed by atoms with van der Waals surface area (Å²) in [5.74, 6) is -1.86. The van der Waals surface area contributed by atoms with Crippen LogP contribution in [0.4, 0.5) is 10.1 Å². The van der Waals surface area contributed by atoms with E-state index in [0.717, 1.165) is 10.9 Å². The third-order valence-corrected chi connectivity index (χ3v) is 3.93. The number of benzene rings is 2. The Balaban J connectivity index is 1.60. The number of halogens is 1. The molecule has 0 bridgehead atoms. The van der Waals surface area contributed by atoms with Gasteiger partial charge in [-0.05, 0) is 49.2 Å². The van der Waals surface area contributed by atoms with Gasteiger partial charge in [0.15, 0.2) is 0 Å². The average molecular weight is 351 g/mol. The van der Waals surface area contributed by atoms with Crippen LogP contribution in [0.5, 0.6) is 0 Å². The van der Waals surface area contributed by atoms with E-state index in [0.29, 0.717) is 17.7 Å². The van der Waals surface area contributed by atoms with Crippen LogP contribution in [-0.4, -0.2) is 22.8 Å². The fourth-order valence-corrected chi connectivity index (χ4v) is 2.68. The maximum absolute atomic E-state index is 13.7. The van der Waals surface area contributed by atoms with Gasteiger partial charge in [0.1, 0.15) is 5.82 Å². The van der Waals surface area contributed by atoms with Crippen LogP contribution in [0.2, 0.25) is 0 Å². The number of carbonyl (C=O) groups is 2. The van der Waals surface area contributed by atoms with Gasteiger partial charge in [-0.2, -0.15) is 0 Å². The number of carbonyl (C=O) groups excluding carboxylic acids is 2. The summed E-state index contributed by atoms with van der Waals surface area (Å²) in [5, 5.41) is 6.00. The van der Waals surface area contributed by atoms with Crippen LogP contribution in [-0.2, 0) is 16.0 Å². The van der Waals surface area contributed by atoms with Crippen molar-refractivity contribution in [1.82, 2.24) is 10.3 Å². The lowest BCUT2D eigenvalue weighted by Crippen LogP contribution is -2.41. The highest BCUT2D eigenvalue weighted by Gasteiger charge is 2.17. The molecule has 2 aromatic carbocycles. The second-order valence-electron chi connectivity index (χ2n) is 6.04. The molecule has 1 atom stereocenters. The third-order valence-electron chi connectivity index (χ3n) is 3.93. The maximum atomic E-state index is 13.7. The van der Waals surface area contributed by atoms with Gasteiger partial charge in [-0.1, -0.05) is 24.3 Å². The summed E-state index contributed by atoms with van der Waals surface area (Å²) in [6.45, 7) is 1.72. The van der Waals surface area contributed by atoms with Crippen molar-refractivity contribution in [2.75, 3.05) is 5.32 Å². The zero-order valence-corrected chi connectivity index (χ0v) is 14.2. The lowest BCUT2D eigenvalue weighted by Gasteiger charge is -2.14. The molecular formula is C20H18FN3O2. The number of nitrogens with zero attached hydrogens (tertiary/aromatic N) is 1. The topological polar surface area (TPSA) is 71.1 Å². The van der Waals surface area contributed by atoms with Crippen LogP contribution in [0.3, 0.4) is 0 Å². The van der Waals surface area contributed by atoms with Crippen LogP contribution in [0.25, 0.3) is 10.9 Å². The number of hydrogen-bond donors (Lipinski definition) is 2. The van der Waals surface area contributed by atoms with E-state index >= 15 is 0 Å². The predicted octanol–water partition coefficient (Wildman–Crippen LogP) is 3.06. The monoisotopic (exact) mass is 351 g/mol. The molecule has 0 radical (unpaired) electrons. The van der Waals surface area contributed by atoms with E-state index < -0.39 is 11.8 Å². The maximum Gasteiger partial charge on any atom is 0.313 e. The summed E-state index contributed by atoms with van der Waals surface area (Å²) in [5.41, 5.74) is 1.80. The Morgan fingerprint density at radius 1 is 1.08 bits per heavy atom. The average Bonchev–Trinajstić information content (AvgIpc) is 2.63. The molecule has 26 heavy (non-hydrogen) atoms. The molecule has 1 aromatic heterocycles. The molecule has 0 spiro atoms. The van der Waals surface area contributed by atoms with Gasteiger partial charge in [-0.3, -0.25) is 14.6 Å². The Hall–Kier alpha value is -3.28. The second-order valence-corrected chi connectivity index (χ2v) is 6.04. The largest absolute Gasteiger partial charge is 0.345 e. The molecule has 1 heterocycles. The zero-order chi connectivity index (χ0) is 18.5. The highest BCUT2D eigenvalue weighted by molar-refractivity contribution is 6.39. The molecule has 2 amide bonds. The highest BCUT2D eigenvalue weighted by atomic mass is 19.1. The molecule has 0 aliphatic heterocycles. The van der Waals surface area contributed by atoms with Crippen molar-refractivity contribution in [2.45, 2.75) is 19.4 Å². The summed E-state index contributed by atoms with van der Waals surface area (Å²) in [6, 6.07) is 14.8. The molecule has 3 aromatic rings. The molecular weight excluding hydrogens is 333 g/mol. The lowest BCUT2D eigenvalue weighted by molar-refractivity contribution is -0.136. The van der Waals surface area contributed by atoms with Crippen molar-refractivity contribution in [3.8, 4) is 0 Å². The summed E-state index contributed by atoms with van der Waals surface area (Å²) < 4.78 is 13.7. The standard InChI is InChI=1S/C20H18FN3O2/c1-13(11-14-5-2-3-7-17(14)21)23-19(25)20(26)24-16-8-9-18-15(12-16)6-4-10-22-18/h2-10,12-13H,11H2,1H3,(H,23,25)(H,24,26). The van der Waals surface area contributed by atoms with Gasteiger partial charge in [0.2, 0.25) is 0 Å². The Kier molecular flexibility index (Phi) is 5.22. The molecule has 132 valence electrons. The van der Waals surface area contributed by atoms with Gasteiger partial charge < -0.3 is 10.6 Å². The first kappa shape index (κ1) is 17.5. The zero-order valence-electron chi connectivity index (χ0n) is 14.2. The molecule has 0 aliphatic carbocycles. The van der Waals surface area contributed by atoms with Crippen molar-refractivity contribution in [2.24, 2.45) is 0 Å². The second kappa shape index (κ2) is 7.74. The summed E-state index contributed by atoms with van der Waals surface area (Å²) >= 11 is 0. The Labute approximate surface area is 150 Å². The van der Waals surface area contributed by atoms with E-state index in [2.05, 4.69) is 15.6 Å². The Morgan fingerprint density at radius 3 is 2.69 bits per heavy atom. The van der Waals surface area contributed by atoms with E-state index in [-0.39, 0.29) is 11.9 Å². The van der Waals surface area contributed by atoms with Crippen molar-refractivity contribution >= 4 is 28.4 Å². The van der Waals surface area contributed by atoms with Gasteiger partial charge >= 0.3 is 11.8 Å². The summed E-state index contributed by atoms with van der Waals surface area (Å²) in [4.78, 5) is 28.4. The minimum absolute atomic E-state index is 0.299. The number of aromatic nitrogens is 1. The van der Waals surface area contributed by atoms with Crippen LogP contribution >= 0.6 is 0 Å². The quantitative estimate of drug-likeness (QED) is 0.710. The number of nitrogens with one attached hydrogen (secondary N) is 2. The molecule has 0 saturated carbocycles. The van der Waals surface area contributed by atoms with Crippen LogP contribution in [0.15, 0.2) is 60.8 Å². The molecule has 6 heteroatoms. The first-order chi connectivity index (χ1) is 12.5. The first-order valence-electron chi connectivity index (χ1n) is 8.23. The molecule has 5 nitrogen and oxygen atoms in total. The van der Waals surface area contributed by atoms with E-state index in [1.807, 2.05) is 6.07 Å². The minimum atomic E-state index is -0.770. The predicted molar refractivity (Wildman–Crippen MR) is 98.1 cm³/mol. The number of amides is 2. The smallest absolute Gasteiger partial charge is 0.313 e. The lowest BCUT2D eigenvalue weighted by atomic mass is 10.1. The summed E-state index contributed by atoms with van der Waals surface area (Å²) in [7, 11) is 0. The first-order valence-corrected chi connectivity index (χ1v) is 8.23. The highest BCUT2D eigenvalue weighted by Crippen LogP contribution is 2.17. The molecule has 0 saturated heterocycles. The number of pyridine rings is 1. The van der Waals surface area contributed by atoms with E-state index in [1.165, 1.54) is 6.07 Å². The molecule has 2 N–H and O–H groups in total. The number of rotatable bonds is 4. The van der Waals surface area contributed by atoms with Crippen molar-refractivity contribution < 1.29 is 14.0 Å². The van der Waals surface area contributed by atoms with E-state index in [1.54, 1.807) is 55.6 Å². The molecule has 0 aliphatic rings. The minimum Gasteiger partial charge on any atom is -0.345 e. The van der Waals surface area contributed by atoms with Crippen LogP contribution in [0.1, 0.15) is 12.5 Å². The number of fused-ring (bicyclic) bond motifs is 1. The SMILES string of the molecule is CC(Cc1ccccc1F)NC(=O)C(=O)Nc1ccc2ncccc2c1. The van der Waals surface area contributed by atoms with Gasteiger partial charge in [0, 0.05) is 23.3 Å². The fourth-order valence-electron chi connectivity index (χ4n) is 2.68. The molecule has 3 rings (SSSR count). The number of anilines is 1. The van der Waals surface area contributed by atoms with E-state index in [9.17, 15) is 14.0 Å². The third kappa shape index (κ3) is 4.22. The molecule has 0 fully saturated rings. The normalized spacial score (nSPS) is 11.8. The Morgan fingerprint density at radius 2 is 1.88 bits per heavy atom. The van der Waals surface area contributed by atoms with Crippen molar-refractivity contribution in [3.63, 3.8) is 0 Å².